The number of ketones is 1. The van der Waals surface area contributed by atoms with Crippen molar-refractivity contribution in [2.75, 3.05) is 13.1 Å². The summed E-state index contributed by atoms with van der Waals surface area (Å²) in [6.07, 6.45) is 2.42. The van der Waals surface area contributed by atoms with Crippen LogP contribution in [0, 0.1) is 12.3 Å². The lowest BCUT2D eigenvalue weighted by Gasteiger charge is -2.32. The van der Waals surface area contributed by atoms with Gasteiger partial charge in [0, 0.05) is 24.1 Å². The summed E-state index contributed by atoms with van der Waals surface area (Å²) in [7, 11) is 0. The van der Waals surface area contributed by atoms with Gasteiger partial charge in [-0.3, -0.25) is 9.48 Å². The van der Waals surface area contributed by atoms with Gasteiger partial charge in [0.05, 0.1) is 5.69 Å². The van der Waals surface area contributed by atoms with Gasteiger partial charge < -0.3 is 5.32 Å². The zero-order valence-corrected chi connectivity index (χ0v) is 11.6. The third-order valence-corrected chi connectivity index (χ3v) is 4.01. The van der Waals surface area contributed by atoms with Gasteiger partial charge in [0.25, 0.3) is 0 Å². The van der Waals surface area contributed by atoms with Gasteiger partial charge in [-0.15, -0.1) is 0 Å². The van der Waals surface area contributed by atoms with Crippen molar-refractivity contribution in [1.29, 1.82) is 0 Å². The Morgan fingerprint density at radius 1 is 1.50 bits per heavy atom. The quantitative estimate of drug-likeness (QED) is 0.883. The minimum atomic E-state index is -0.151. The highest BCUT2D eigenvalue weighted by atomic mass is 16.1. The molecule has 1 fully saturated rings. The van der Waals surface area contributed by atoms with E-state index in [9.17, 15) is 4.79 Å². The van der Waals surface area contributed by atoms with Gasteiger partial charge in [-0.1, -0.05) is 6.92 Å². The first-order chi connectivity index (χ1) is 8.55. The second-order valence-electron chi connectivity index (χ2n) is 5.50. The van der Waals surface area contributed by atoms with Gasteiger partial charge in [0.2, 0.25) is 0 Å². The molecule has 100 valence electrons. The maximum absolute atomic E-state index is 12.5. The normalized spacial score (nSPS) is 18.8. The number of nitrogens with one attached hydrogen (secondary N) is 1. The number of aromatic nitrogens is 2. The molecule has 1 aromatic heterocycles. The molecule has 0 aliphatic carbocycles. The summed E-state index contributed by atoms with van der Waals surface area (Å²) in [6.45, 7) is 8.88. The van der Waals surface area contributed by atoms with Crippen LogP contribution in [0.2, 0.25) is 0 Å². The molecule has 0 atom stereocenters. The number of piperidine rings is 1. The lowest BCUT2D eigenvalue weighted by molar-refractivity contribution is -0.128. The van der Waals surface area contributed by atoms with E-state index in [0.29, 0.717) is 12.2 Å². The molecule has 0 aromatic carbocycles. The van der Waals surface area contributed by atoms with Crippen LogP contribution in [0.4, 0.5) is 0 Å². The number of hydrogen-bond acceptors (Lipinski definition) is 3. The number of hydrogen-bond donors (Lipinski definition) is 1. The Morgan fingerprint density at radius 2 is 2.17 bits per heavy atom. The minimum absolute atomic E-state index is 0.151. The smallest absolute Gasteiger partial charge is 0.144 e. The number of nitrogens with zero attached hydrogens (tertiary/aromatic N) is 2. The molecule has 1 aliphatic rings. The first-order valence-electron chi connectivity index (χ1n) is 6.82. The van der Waals surface area contributed by atoms with E-state index in [1.165, 1.54) is 0 Å². The van der Waals surface area contributed by atoms with Crippen molar-refractivity contribution in [3.05, 3.63) is 17.5 Å². The first kappa shape index (κ1) is 13.3. The fourth-order valence-electron chi connectivity index (χ4n) is 2.65. The van der Waals surface area contributed by atoms with Gasteiger partial charge >= 0.3 is 0 Å². The fraction of sp³-hybridized carbons (Fsp3) is 0.714. The number of rotatable bonds is 4. The predicted octanol–water partition coefficient (Wildman–Crippen LogP) is 1.71. The largest absolute Gasteiger partial charge is 0.317 e. The maximum Gasteiger partial charge on any atom is 0.144 e. The van der Waals surface area contributed by atoms with Gasteiger partial charge in [-0.25, -0.2) is 0 Å². The zero-order chi connectivity index (χ0) is 13.2. The highest BCUT2D eigenvalue weighted by Gasteiger charge is 2.34. The van der Waals surface area contributed by atoms with Crippen LogP contribution < -0.4 is 5.32 Å². The Bertz CT molecular complexity index is 430. The van der Waals surface area contributed by atoms with Crippen LogP contribution in [0.25, 0.3) is 0 Å². The van der Waals surface area contributed by atoms with Gasteiger partial charge in [0.1, 0.15) is 5.78 Å². The van der Waals surface area contributed by atoms with Gasteiger partial charge in [0.15, 0.2) is 0 Å². The molecule has 0 spiro atoms. The van der Waals surface area contributed by atoms with E-state index < -0.39 is 0 Å². The Labute approximate surface area is 109 Å². The molecule has 1 N–H and O–H groups in total. The van der Waals surface area contributed by atoms with Crippen molar-refractivity contribution in [3.8, 4) is 0 Å². The van der Waals surface area contributed by atoms with Crippen LogP contribution in [0.15, 0.2) is 6.07 Å². The molecule has 1 aliphatic heterocycles. The molecule has 0 amide bonds. The molecular formula is C14H23N3O. The highest BCUT2D eigenvalue weighted by Crippen LogP contribution is 2.30. The molecule has 1 aromatic rings. The lowest BCUT2D eigenvalue weighted by Crippen LogP contribution is -2.40. The van der Waals surface area contributed by atoms with E-state index in [2.05, 4.69) is 24.3 Å². The Hall–Kier alpha value is -1.16. The maximum atomic E-state index is 12.5. The van der Waals surface area contributed by atoms with E-state index in [0.717, 1.165) is 43.9 Å². The summed E-state index contributed by atoms with van der Waals surface area (Å²) in [5, 5.41) is 7.72. The van der Waals surface area contributed by atoms with Crippen molar-refractivity contribution in [3.63, 3.8) is 0 Å². The van der Waals surface area contributed by atoms with Crippen LogP contribution in [0.3, 0.4) is 0 Å². The molecule has 4 nitrogen and oxygen atoms in total. The molecule has 2 rings (SSSR count). The molecular weight excluding hydrogens is 226 g/mol. The van der Waals surface area contributed by atoms with Crippen LogP contribution >= 0.6 is 0 Å². The predicted molar refractivity (Wildman–Crippen MR) is 71.6 cm³/mol. The number of Topliss-reactive ketones (excluding diaryl/α,β-unsaturated/α-hetero) is 1. The van der Waals surface area contributed by atoms with E-state index in [4.69, 9.17) is 0 Å². The number of carbonyl (C=O) groups is 1. The van der Waals surface area contributed by atoms with Crippen molar-refractivity contribution in [2.24, 2.45) is 5.41 Å². The summed E-state index contributed by atoms with van der Waals surface area (Å²) in [5.74, 6) is 0.360. The van der Waals surface area contributed by atoms with Crippen molar-refractivity contribution >= 4 is 5.78 Å². The second-order valence-corrected chi connectivity index (χ2v) is 5.50. The SMILES string of the molecule is CCn1nc(C)cc1CC(=O)C1(C)CCNCC1. The van der Waals surface area contributed by atoms with Crippen molar-refractivity contribution in [1.82, 2.24) is 15.1 Å². The second kappa shape index (κ2) is 5.22. The van der Waals surface area contributed by atoms with E-state index in [-0.39, 0.29) is 5.41 Å². The van der Waals surface area contributed by atoms with E-state index in [1.54, 1.807) is 0 Å². The molecule has 0 saturated carbocycles. The van der Waals surface area contributed by atoms with E-state index >= 15 is 0 Å². The Kier molecular flexibility index (Phi) is 3.85. The summed E-state index contributed by atoms with van der Waals surface area (Å²) >= 11 is 0. The zero-order valence-electron chi connectivity index (χ0n) is 11.6. The summed E-state index contributed by atoms with van der Waals surface area (Å²) in [5.41, 5.74) is 1.90. The summed E-state index contributed by atoms with van der Waals surface area (Å²) in [6, 6.07) is 2.03. The Balaban J connectivity index is 2.10. The summed E-state index contributed by atoms with van der Waals surface area (Å²) < 4.78 is 1.94. The molecule has 18 heavy (non-hydrogen) atoms. The number of aryl methyl sites for hydroxylation is 2. The topological polar surface area (TPSA) is 46.9 Å². The van der Waals surface area contributed by atoms with Crippen LogP contribution in [0.1, 0.15) is 38.1 Å². The van der Waals surface area contributed by atoms with Gasteiger partial charge in [-0.05, 0) is 45.8 Å². The molecule has 1 saturated heterocycles. The molecule has 4 heteroatoms. The monoisotopic (exact) mass is 249 g/mol. The van der Waals surface area contributed by atoms with Crippen LogP contribution in [-0.2, 0) is 17.8 Å². The van der Waals surface area contributed by atoms with Crippen molar-refractivity contribution < 1.29 is 4.79 Å². The fourth-order valence-corrected chi connectivity index (χ4v) is 2.65. The van der Waals surface area contributed by atoms with Gasteiger partial charge in [-0.2, -0.15) is 5.10 Å². The third-order valence-electron chi connectivity index (χ3n) is 4.01. The standard InChI is InChI=1S/C14H23N3O/c1-4-17-12(9-11(2)16-17)10-13(18)14(3)5-7-15-8-6-14/h9,15H,4-8,10H2,1-3H3. The minimum Gasteiger partial charge on any atom is -0.317 e. The number of carbonyl (C=O) groups excluding carboxylic acids is 1. The molecule has 0 unspecified atom stereocenters. The molecule has 2 heterocycles. The summed E-state index contributed by atoms with van der Waals surface area (Å²) in [4.78, 5) is 12.5. The molecule has 0 radical (unpaired) electrons. The average Bonchev–Trinajstić information content (AvgIpc) is 2.70. The third kappa shape index (κ3) is 2.64. The van der Waals surface area contributed by atoms with E-state index in [1.807, 2.05) is 17.7 Å². The molecule has 0 bridgehead atoms. The average molecular weight is 249 g/mol. The first-order valence-corrected chi connectivity index (χ1v) is 6.82. The Morgan fingerprint density at radius 3 is 2.78 bits per heavy atom. The van der Waals surface area contributed by atoms with Crippen LogP contribution in [-0.4, -0.2) is 28.7 Å². The van der Waals surface area contributed by atoms with Crippen molar-refractivity contribution in [2.45, 2.75) is 46.6 Å². The van der Waals surface area contributed by atoms with Crippen LogP contribution in [0.5, 0.6) is 0 Å². The highest BCUT2D eigenvalue weighted by molar-refractivity contribution is 5.86. The lowest BCUT2D eigenvalue weighted by atomic mass is 9.76.